The zero-order valence-corrected chi connectivity index (χ0v) is 12.2. The van der Waals surface area contributed by atoms with Gasteiger partial charge in [0.1, 0.15) is 6.04 Å². The molecule has 1 aromatic carbocycles. The van der Waals surface area contributed by atoms with Gasteiger partial charge in [-0.1, -0.05) is 30.3 Å². The Morgan fingerprint density at radius 3 is 2.40 bits per heavy atom. The molecule has 2 amide bonds. The molecule has 0 fully saturated rings. The topological polar surface area (TPSA) is 67.4 Å². The van der Waals surface area contributed by atoms with Crippen LogP contribution in [0.2, 0.25) is 0 Å². The van der Waals surface area contributed by atoms with Gasteiger partial charge in [-0.25, -0.2) is 9.59 Å². The van der Waals surface area contributed by atoms with Crippen LogP contribution in [0.15, 0.2) is 30.3 Å². The van der Waals surface area contributed by atoms with E-state index in [2.05, 4.69) is 27.5 Å². The summed E-state index contributed by atoms with van der Waals surface area (Å²) in [7, 11) is 1.29. The number of nitrogens with one attached hydrogen (secondary N) is 2. The molecule has 2 N–H and O–H groups in total. The van der Waals surface area contributed by atoms with Crippen LogP contribution in [0.5, 0.6) is 0 Å². The monoisotopic (exact) mass is 278 g/mol. The second kappa shape index (κ2) is 8.19. The number of aryl methyl sites for hydroxylation is 1. The van der Waals surface area contributed by atoms with E-state index in [0.717, 1.165) is 12.8 Å². The molecule has 0 aliphatic rings. The number of rotatable bonds is 6. The Hall–Kier alpha value is -2.04. The molecular weight excluding hydrogens is 256 g/mol. The third-order valence-electron chi connectivity index (χ3n) is 2.99. The molecule has 0 saturated carbocycles. The largest absolute Gasteiger partial charge is 0.467 e. The number of amides is 2. The van der Waals surface area contributed by atoms with Gasteiger partial charge in [-0.2, -0.15) is 0 Å². The Bertz CT molecular complexity index is 434. The first-order chi connectivity index (χ1) is 9.52. The molecule has 2 atom stereocenters. The fourth-order valence-corrected chi connectivity index (χ4v) is 1.80. The number of ether oxygens (including phenoxy) is 1. The predicted molar refractivity (Wildman–Crippen MR) is 77.4 cm³/mol. The van der Waals surface area contributed by atoms with Crippen LogP contribution in [0, 0.1) is 0 Å². The first kappa shape index (κ1) is 16.0. The molecule has 110 valence electrons. The van der Waals surface area contributed by atoms with Crippen LogP contribution in [-0.2, 0) is 16.0 Å². The van der Waals surface area contributed by atoms with Gasteiger partial charge in [0.25, 0.3) is 0 Å². The highest BCUT2D eigenvalue weighted by Gasteiger charge is 2.16. The minimum atomic E-state index is -0.652. The summed E-state index contributed by atoms with van der Waals surface area (Å²) >= 11 is 0. The summed E-state index contributed by atoms with van der Waals surface area (Å²) in [6.07, 6.45) is 1.74. The van der Waals surface area contributed by atoms with E-state index in [4.69, 9.17) is 0 Å². The molecule has 1 unspecified atom stereocenters. The van der Waals surface area contributed by atoms with Crippen LogP contribution in [0.25, 0.3) is 0 Å². The van der Waals surface area contributed by atoms with E-state index in [-0.39, 0.29) is 12.1 Å². The second-order valence-corrected chi connectivity index (χ2v) is 4.79. The normalized spacial score (nSPS) is 13.2. The smallest absolute Gasteiger partial charge is 0.328 e. The molecule has 1 rings (SSSR count). The lowest BCUT2D eigenvalue weighted by molar-refractivity contribution is -0.142. The quantitative estimate of drug-likeness (QED) is 0.781. The maximum atomic E-state index is 11.7. The van der Waals surface area contributed by atoms with Gasteiger partial charge in [-0.05, 0) is 32.3 Å². The third-order valence-corrected chi connectivity index (χ3v) is 2.99. The number of hydrogen-bond donors (Lipinski definition) is 2. The van der Waals surface area contributed by atoms with Crippen LogP contribution in [0.4, 0.5) is 4.79 Å². The van der Waals surface area contributed by atoms with Crippen LogP contribution >= 0.6 is 0 Å². The average Bonchev–Trinajstić information content (AvgIpc) is 2.45. The molecule has 0 bridgehead atoms. The molecule has 1 aromatic rings. The molecule has 0 aromatic heterocycles. The summed E-state index contributed by atoms with van der Waals surface area (Å²) in [5.41, 5.74) is 1.24. The fourth-order valence-electron chi connectivity index (χ4n) is 1.80. The Kier molecular flexibility index (Phi) is 6.56. The van der Waals surface area contributed by atoms with Gasteiger partial charge in [-0.15, -0.1) is 0 Å². The molecule has 0 aliphatic heterocycles. The first-order valence-electron chi connectivity index (χ1n) is 6.71. The van der Waals surface area contributed by atoms with Crippen molar-refractivity contribution in [2.24, 2.45) is 0 Å². The van der Waals surface area contributed by atoms with Gasteiger partial charge in [0, 0.05) is 6.04 Å². The molecule has 0 aliphatic carbocycles. The third kappa shape index (κ3) is 5.73. The Labute approximate surface area is 119 Å². The summed E-state index contributed by atoms with van der Waals surface area (Å²) in [5, 5.41) is 5.34. The summed E-state index contributed by atoms with van der Waals surface area (Å²) in [5.74, 6) is -0.461. The first-order valence-corrected chi connectivity index (χ1v) is 6.71. The molecule has 0 saturated heterocycles. The molecule has 5 heteroatoms. The van der Waals surface area contributed by atoms with E-state index < -0.39 is 12.0 Å². The number of carbonyl (C=O) groups excluding carboxylic acids is 2. The average molecular weight is 278 g/mol. The standard InChI is InChI=1S/C15H22N2O3/c1-11(9-10-13-7-5-4-6-8-13)16-15(19)17-12(2)14(18)20-3/h4-8,11-12H,9-10H2,1-3H3,(H2,16,17,19)/t11?,12-/m0/s1. The minimum Gasteiger partial charge on any atom is -0.467 e. The molecule has 0 radical (unpaired) electrons. The van der Waals surface area contributed by atoms with Gasteiger partial charge < -0.3 is 15.4 Å². The fraction of sp³-hybridized carbons (Fsp3) is 0.467. The van der Waals surface area contributed by atoms with Crippen molar-refractivity contribution < 1.29 is 14.3 Å². The number of carbonyl (C=O) groups is 2. The van der Waals surface area contributed by atoms with Crippen LogP contribution < -0.4 is 10.6 Å². The van der Waals surface area contributed by atoms with Gasteiger partial charge >= 0.3 is 12.0 Å². The number of esters is 1. The van der Waals surface area contributed by atoms with Crippen molar-refractivity contribution in [3.8, 4) is 0 Å². The Balaban J connectivity index is 2.29. The highest BCUT2D eigenvalue weighted by Crippen LogP contribution is 2.04. The van der Waals surface area contributed by atoms with Crippen molar-refractivity contribution >= 4 is 12.0 Å². The van der Waals surface area contributed by atoms with Crippen LogP contribution in [0.1, 0.15) is 25.8 Å². The highest BCUT2D eigenvalue weighted by molar-refractivity contribution is 5.83. The van der Waals surface area contributed by atoms with Gasteiger partial charge in [0.2, 0.25) is 0 Å². The van der Waals surface area contributed by atoms with Gasteiger partial charge in [0.15, 0.2) is 0 Å². The van der Waals surface area contributed by atoms with Crippen molar-refractivity contribution in [1.82, 2.24) is 10.6 Å². The van der Waals surface area contributed by atoms with E-state index in [0.29, 0.717) is 0 Å². The van der Waals surface area contributed by atoms with E-state index in [1.54, 1.807) is 6.92 Å². The molecule has 5 nitrogen and oxygen atoms in total. The van der Waals surface area contributed by atoms with E-state index in [1.807, 2.05) is 25.1 Å². The zero-order chi connectivity index (χ0) is 15.0. The number of benzene rings is 1. The molecular formula is C15H22N2O3. The second-order valence-electron chi connectivity index (χ2n) is 4.79. The summed E-state index contributed by atoms with van der Waals surface area (Å²) in [6, 6.07) is 9.12. The lowest BCUT2D eigenvalue weighted by Gasteiger charge is -2.17. The SMILES string of the molecule is COC(=O)[C@H](C)NC(=O)NC(C)CCc1ccccc1. The minimum absolute atomic E-state index is 0.0278. The van der Waals surface area contributed by atoms with E-state index >= 15 is 0 Å². The van der Waals surface area contributed by atoms with E-state index in [9.17, 15) is 9.59 Å². The number of methoxy groups -OCH3 is 1. The van der Waals surface area contributed by atoms with Crippen LogP contribution in [0.3, 0.4) is 0 Å². The maximum absolute atomic E-state index is 11.7. The van der Waals surface area contributed by atoms with Crippen molar-refractivity contribution in [2.45, 2.75) is 38.8 Å². The number of urea groups is 1. The zero-order valence-electron chi connectivity index (χ0n) is 12.2. The molecule has 20 heavy (non-hydrogen) atoms. The maximum Gasteiger partial charge on any atom is 0.328 e. The van der Waals surface area contributed by atoms with Crippen molar-refractivity contribution in [1.29, 1.82) is 0 Å². The van der Waals surface area contributed by atoms with Crippen molar-refractivity contribution in [3.05, 3.63) is 35.9 Å². The predicted octanol–water partition coefficient (Wildman–Crippen LogP) is 1.87. The van der Waals surface area contributed by atoms with E-state index in [1.165, 1.54) is 12.7 Å². The molecule has 0 heterocycles. The summed E-state index contributed by atoms with van der Waals surface area (Å²) in [6.45, 7) is 3.52. The van der Waals surface area contributed by atoms with Crippen molar-refractivity contribution in [3.63, 3.8) is 0 Å². The van der Waals surface area contributed by atoms with Gasteiger partial charge in [-0.3, -0.25) is 0 Å². The van der Waals surface area contributed by atoms with Gasteiger partial charge in [0.05, 0.1) is 7.11 Å². The Morgan fingerprint density at radius 1 is 1.15 bits per heavy atom. The lowest BCUT2D eigenvalue weighted by atomic mass is 10.1. The highest BCUT2D eigenvalue weighted by atomic mass is 16.5. The summed E-state index contributed by atoms with van der Waals surface area (Å²) in [4.78, 5) is 22.8. The van der Waals surface area contributed by atoms with Crippen molar-refractivity contribution in [2.75, 3.05) is 7.11 Å². The summed E-state index contributed by atoms with van der Waals surface area (Å²) < 4.78 is 4.54. The molecule has 0 spiro atoms. The van der Waals surface area contributed by atoms with Crippen LogP contribution in [-0.4, -0.2) is 31.2 Å². The lowest BCUT2D eigenvalue weighted by Crippen LogP contribution is -2.47. The number of hydrogen-bond acceptors (Lipinski definition) is 3. The Morgan fingerprint density at radius 2 is 1.80 bits per heavy atom.